The van der Waals surface area contributed by atoms with Gasteiger partial charge >= 0.3 is 0 Å². The molecule has 0 atom stereocenters. The predicted molar refractivity (Wildman–Crippen MR) is 235 cm³/mol. The summed E-state index contributed by atoms with van der Waals surface area (Å²) >= 11 is 32.1. The number of hydrogen-bond donors (Lipinski definition) is 1. The number of nitrogens with zero attached hydrogens (tertiary/aromatic N) is 5. The Morgan fingerprint density at radius 1 is 0.583 bits per heavy atom. The van der Waals surface area contributed by atoms with Crippen molar-refractivity contribution in [1.29, 1.82) is 0 Å². The third kappa shape index (κ3) is 8.60. The van der Waals surface area contributed by atoms with E-state index in [-0.39, 0.29) is 16.9 Å². The second-order valence-electron chi connectivity index (χ2n) is 12.5. The summed E-state index contributed by atoms with van der Waals surface area (Å²) < 4.78 is 32.5. The number of para-hydroxylation sites is 1. The fraction of sp³-hybridized carbons (Fsp3) is 0.171. The Kier molecular flexibility index (Phi) is 13.6. The van der Waals surface area contributed by atoms with Crippen LogP contribution in [0.5, 0.6) is 34.5 Å². The number of nitro benzene ring substituents is 1. The molecule has 0 saturated carbocycles. The molecule has 2 heterocycles. The largest absolute Gasteiger partial charge is 0.496 e. The smallest absolute Gasteiger partial charge is 0.293 e. The number of anilines is 2. The highest BCUT2D eigenvalue weighted by molar-refractivity contribution is 6.42. The highest BCUT2D eigenvalue weighted by Crippen LogP contribution is 2.50. The zero-order chi connectivity index (χ0) is 43.4. The van der Waals surface area contributed by atoms with Crippen LogP contribution in [0.1, 0.15) is 5.56 Å². The first-order chi connectivity index (χ1) is 28.8. The fourth-order valence-electron chi connectivity index (χ4n) is 6.21. The van der Waals surface area contributed by atoms with E-state index in [1.165, 1.54) is 41.6 Å². The van der Waals surface area contributed by atoms with Gasteiger partial charge in [-0.15, -0.1) is 0 Å². The monoisotopic (exact) mass is 912 g/mol. The number of benzene rings is 5. The van der Waals surface area contributed by atoms with Crippen molar-refractivity contribution in [1.82, 2.24) is 19.9 Å². The van der Waals surface area contributed by atoms with Gasteiger partial charge in [-0.1, -0.05) is 58.5 Å². The summed E-state index contributed by atoms with van der Waals surface area (Å²) in [4.78, 5) is 28.1. The summed E-state index contributed by atoms with van der Waals surface area (Å²) in [6.45, 7) is 1.77. The maximum atomic E-state index is 11.4. The molecule has 0 aliphatic carbocycles. The Labute approximate surface area is 368 Å². The van der Waals surface area contributed by atoms with Crippen molar-refractivity contribution in [2.45, 2.75) is 6.92 Å². The van der Waals surface area contributed by atoms with Gasteiger partial charge in [0.05, 0.1) is 78.7 Å². The molecule has 0 fully saturated rings. The molecule has 0 bridgehead atoms. The second-order valence-corrected chi connectivity index (χ2v) is 14.3. The first kappa shape index (κ1) is 43.8. The van der Waals surface area contributed by atoms with Crippen LogP contribution in [0.3, 0.4) is 0 Å². The summed E-state index contributed by atoms with van der Waals surface area (Å²) in [5.41, 5.74) is 4.38. The van der Waals surface area contributed by atoms with Crippen molar-refractivity contribution in [2.75, 3.05) is 48.0 Å². The van der Waals surface area contributed by atoms with E-state index in [9.17, 15) is 10.1 Å². The summed E-state index contributed by atoms with van der Waals surface area (Å²) in [6, 6.07) is 15.1. The number of halogens is 5. The minimum absolute atomic E-state index is 0.0714. The molecule has 0 aliphatic heterocycles. The number of rotatable bonds is 11. The van der Waals surface area contributed by atoms with E-state index >= 15 is 0 Å². The average molecular weight is 915 g/mol. The topological polar surface area (TPSA) is 162 Å². The number of aryl methyl sites for hydroxylation is 1. The Bertz CT molecular complexity index is 2740. The van der Waals surface area contributed by atoms with Crippen molar-refractivity contribution in [2.24, 2.45) is 0 Å². The van der Waals surface area contributed by atoms with E-state index in [1.807, 2.05) is 6.07 Å². The first-order valence-corrected chi connectivity index (χ1v) is 19.2. The van der Waals surface area contributed by atoms with Gasteiger partial charge < -0.3 is 33.7 Å². The minimum atomic E-state index is -0.457. The van der Waals surface area contributed by atoms with Gasteiger partial charge in [0.2, 0.25) is 11.2 Å². The Balaban J connectivity index is 0.000000213. The van der Waals surface area contributed by atoms with Crippen LogP contribution in [0, 0.1) is 17.0 Å². The zero-order valence-corrected chi connectivity index (χ0v) is 36.5. The standard InChI is InChI=1S/C24H20Cl2N4O5.C17H13Cl3N2O3/c1-12-6-5-7-16(30(31)32)23(12)29-24-27-11-13-8-14(17(33-2)9-15(13)28-24)20-21(25)18(34-3)10-19(35-4)22(20)26;1-23-11-5-10-8(7-21-17(20)22-10)4-9(11)14-15(18)12(24-2)6-13(25-3)16(14)19/h5-11H,1-4H3,(H,27,28,29);4-7H,1-3H3. The number of methoxy groups -OCH3 is 6. The average Bonchev–Trinajstić information content (AvgIpc) is 3.24. The third-order valence-corrected chi connectivity index (χ3v) is 10.8. The number of nitrogens with one attached hydrogen (secondary N) is 1. The van der Waals surface area contributed by atoms with Gasteiger partial charge in [0.15, 0.2) is 0 Å². The maximum Gasteiger partial charge on any atom is 0.293 e. The molecule has 0 unspecified atom stereocenters. The molecule has 0 aliphatic rings. The normalized spacial score (nSPS) is 10.8. The van der Waals surface area contributed by atoms with Crippen molar-refractivity contribution < 1.29 is 33.3 Å². The van der Waals surface area contributed by atoms with E-state index in [0.717, 1.165) is 5.39 Å². The summed E-state index contributed by atoms with van der Waals surface area (Å²) in [7, 11) is 9.10. The number of ether oxygens (including phenoxy) is 6. The van der Waals surface area contributed by atoms with E-state index in [2.05, 4.69) is 25.3 Å². The van der Waals surface area contributed by atoms with Gasteiger partial charge in [-0.25, -0.2) is 19.9 Å². The molecule has 5 aromatic carbocycles. The predicted octanol–water partition coefficient (Wildman–Crippen LogP) is 11.9. The van der Waals surface area contributed by atoms with Gasteiger partial charge in [-0.3, -0.25) is 10.1 Å². The number of nitro groups is 1. The lowest BCUT2D eigenvalue weighted by atomic mass is 10.0. The summed E-state index contributed by atoms with van der Waals surface area (Å²) in [5, 5.41) is 17.3. The lowest BCUT2D eigenvalue weighted by Gasteiger charge is -2.17. The molecule has 7 aromatic rings. The van der Waals surface area contributed by atoms with Crippen LogP contribution < -0.4 is 33.7 Å². The van der Waals surface area contributed by atoms with Crippen molar-refractivity contribution in [3.05, 3.63) is 108 Å². The van der Waals surface area contributed by atoms with Crippen LogP contribution in [-0.2, 0) is 0 Å². The first-order valence-electron chi connectivity index (χ1n) is 17.4. The molecule has 0 saturated heterocycles. The lowest BCUT2D eigenvalue weighted by Crippen LogP contribution is -2.03. The van der Waals surface area contributed by atoms with E-state index < -0.39 is 4.92 Å². The quantitative estimate of drug-likeness (QED) is 0.0742. The highest BCUT2D eigenvalue weighted by Gasteiger charge is 2.24. The van der Waals surface area contributed by atoms with E-state index in [1.54, 1.807) is 68.9 Å². The van der Waals surface area contributed by atoms with E-state index in [0.29, 0.717) is 105 Å². The van der Waals surface area contributed by atoms with Crippen molar-refractivity contribution in [3.63, 3.8) is 0 Å². The number of hydrogen-bond acceptors (Lipinski definition) is 13. The SMILES string of the molecule is COc1cc2nc(Cl)ncc2cc1-c1c(Cl)c(OC)cc(OC)c1Cl.COc1cc2nc(Nc3c(C)cccc3[N+](=O)[O-])ncc2cc1-c1c(Cl)c(OC)cc(OC)c1Cl. The van der Waals surface area contributed by atoms with Gasteiger partial charge in [0.1, 0.15) is 40.2 Å². The lowest BCUT2D eigenvalue weighted by molar-refractivity contribution is -0.384. The van der Waals surface area contributed by atoms with Crippen molar-refractivity contribution >= 4 is 97.1 Å². The molecule has 7 rings (SSSR count). The van der Waals surface area contributed by atoms with Crippen LogP contribution in [0.4, 0.5) is 17.3 Å². The van der Waals surface area contributed by atoms with Crippen LogP contribution >= 0.6 is 58.0 Å². The third-order valence-electron chi connectivity index (χ3n) is 9.14. The van der Waals surface area contributed by atoms with E-state index in [4.69, 9.17) is 86.4 Å². The van der Waals surface area contributed by atoms with Crippen LogP contribution in [0.25, 0.3) is 44.1 Å². The molecule has 1 N–H and O–H groups in total. The Hall–Kier alpha value is -5.77. The second kappa shape index (κ2) is 18.7. The molecule has 14 nitrogen and oxygen atoms in total. The molecular formula is C41H33Cl5N6O8. The number of aromatic nitrogens is 4. The van der Waals surface area contributed by atoms with Crippen LogP contribution in [0.15, 0.2) is 67.0 Å². The zero-order valence-electron chi connectivity index (χ0n) is 32.7. The van der Waals surface area contributed by atoms with Gasteiger partial charge in [-0.2, -0.15) is 0 Å². The molecular weight excluding hydrogens is 882 g/mol. The molecule has 0 spiro atoms. The molecule has 310 valence electrons. The van der Waals surface area contributed by atoms with Crippen LogP contribution in [-0.4, -0.2) is 67.5 Å². The highest BCUT2D eigenvalue weighted by atomic mass is 35.5. The van der Waals surface area contributed by atoms with Gasteiger partial charge in [-0.05, 0) is 36.2 Å². The summed E-state index contributed by atoms with van der Waals surface area (Å²) in [5.74, 6) is 2.83. The number of fused-ring (bicyclic) bond motifs is 2. The fourth-order valence-corrected chi connectivity index (χ4v) is 7.76. The minimum Gasteiger partial charge on any atom is -0.496 e. The Morgan fingerprint density at radius 2 is 1.02 bits per heavy atom. The molecule has 2 aromatic heterocycles. The van der Waals surface area contributed by atoms with Crippen molar-refractivity contribution in [3.8, 4) is 56.8 Å². The molecule has 19 heteroatoms. The molecule has 60 heavy (non-hydrogen) atoms. The van der Waals surface area contributed by atoms with Gasteiger partial charge in [0, 0.05) is 75.8 Å². The molecule has 0 amide bonds. The Morgan fingerprint density at radius 3 is 1.45 bits per heavy atom. The van der Waals surface area contributed by atoms with Crippen LogP contribution in [0.2, 0.25) is 25.4 Å². The summed E-state index contributed by atoms with van der Waals surface area (Å²) in [6.07, 6.45) is 3.21. The molecule has 0 radical (unpaired) electrons. The van der Waals surface area contributed by atoms with Gasteiger partial charge in [0.25, 0.3) is 5.69 Å². The maximum absolute atomic E-state index is 11.4.